The maximum Gasteiger partial charge on any atom is 0.200 e. The molecule has 1 aromatic rings. The molecule has 0 aliphatic carbocycles. The van der Waals surface area contributed by atoms with Crippen molar-refractivity contribution in [3.05, 3.63) is 23.4 Å². The lowest BCUT2D eigenvalue weighted by Gasteiger charge is -2.18. The van der Waals surface area contributed by atoms with Crippen LogP contribution in [0.25, 0.3) is 0 Å². The summed E-state index contributed by atoms with van der Waals surface area (Å²) in [6, 6.07) is 2.94. The summed E-state index contributed by atoms with van der Waals surface area (Å²) in [6.07, 6.45) is 1.33. The molecule has 0 fully saturated rings. The Hall–Kier alpha value is -0.610. The molecule has 0 aliphatic rings. The van der Waals surface area contributed by atoms with Gasteiger partial charge >= 0.3 is 0 Å². The molecule has 0 aromatic carbocycles. The van der Waals surface area contributed by atoms with E-state index < -0.39 is 14.6 Å². The second kappa shape index (κ2) is 3.51. The highest BCUT2D eigenvalue weighted by molar-refractivity contribution is 7.92. The van der Waals surface area contributed by atoms with Gasteiger partial charge in [0, 0.05) is 6.20 Å². The van der Waals surface area contributed by atoms with E-state index in [-0.39, 0.29) is 5.03 Å². The number of hydrogen-bond donors (Lipinski definition) is 0. The van der Waals surface area contributed by atoms with Crippen molar-refractivity contribution in [2.75, 3.05) is 0 Å². The molecule has 0 aliphatic heterocycles. The van der Waals surface area contributed by atoms with Gasteiger partial charge in [-0.25, -0.2) is 13.4 Å². The van der Waals surface area contributed by atoms with Crippen molar-refractivity contribution < 1.29 is 8.42 Å². The summed E-state index contributed by atoms with van der Waals surface area (Å²) in [5.74, 6) is 0. The van der Waals surface area contributed by atoms with Crippen molar-refractivity contribution in [2.45, 2.75) is 30.5 Å². The molecule has 5 heteroatoms. The molecule has 14 heavy (non-hydrogen) atoms. The number of halogens is 1. The van der Waals surface area contributed by atoms with Crippen LogP contribution in [0.1, 0.15) is 20.8 Å². The van der Waals surface area contributed by atoms with Gasteiger partial charge in [0.15, 0.2) is 14.9 Å². The van der Waals surface area contributed by atoms with Crippen LogP contribution in [0.2, 0.25) is 5.02 Å². The average molecular weight is 234 g/mol. The molecule has 0 saturated heterocycles. The van der Waals surface area contributed by atoms with Crippen LogP contribution in [0.3, 0.4) is 0 Å². The zero-order valence-electron chi connectivity index (χ0n) is 8.28. The molecule has 3 nitrogen and oxygen atoms in total. The molecule has 0 N–H and O–H groups in total. The van der Waals surface area contributed by atoms with Gasteiger partial charge in [-0.3, -0.25) is 0 Å². The molecule has 1 aromatic heterocycles. The SMILES string of the molecule is CC(C)(C)S(=O)(=O)c1ccc(Cl)cn1. The number of nitrogens with zero attached hydrogens (tertiary/aromatic N) is 1. The van der Waals surface area contributed by atoms with Crippen LogP contribution in [0, 0.1) is 0 Å². The Morgan fingerprint density at radius 1 is 1.29 bits per heavy atom. The van der Waals surface area contributed by atoms with E-state index >= 15 is 0 Å². The third kappa shape index (κ3) is 2.07. The highest BCUT2D eigenvalue weighted by Gasteiger charge is 2.31. The van der Waals surface area contributed by atoms with Gasteiger partial charge in [-0.2, -0.15) is 0 Å². The van der Waals surface area contributed by atoms with E-state index in [2.05, 4.69) is 4.98 Å². The molecular weight excluding hydrogens is 222 g/mol. The van der Waals surface area contributed by atoms with Crippen molar-refractivity contribution in [2.24, 2.45) is 0 Å². The van der Waals surface area contributed by atoms with Crippen LogP contribution in [0.15, 0.2) is 23.4 Å². The molecule has 0 radical (unpaired) electrons. The molecule has 0 saturated carbocycles. The summed E-state index contributed by atoms with van der Waals surface area (Å²) in [4.78, 5) is 3.80. The van der Waals surface area contributed by atoms with E-state index in [0.717, 1.165) is 0 Å². The van der Waals surface area contributed by atoms with Gasteiger partial charge < -0.3 is 0 Å². The van der Waals surface area contributed by atoms with Gasteiger partial charge in [0.05, 0.1) is 9.77 Å². The predicted octanol–water partition coefficient (Wildman–Crippen LogP) is 2.31. The van der Waals surface area contributed by atoms with Gasteiger partial charge in [-0.1, -0.05) is 11.6 Å². The minimum Gasteiger partial charge on any atom is -0.243 e. The third-order valence-corrected chi connectivity index (χ3v) is 4.41. The fraction of sp³-hybridized carbons (Fsp3) is 0.444. The Bertz CT molecular complexity index is 417. The van der Waals surface area contributed by atoms with E-state index in [1.165, 1.54) is 18.3 Å². The van der Waals surface area contributed by atoms with Crippen LogP contribution >= 0.6 is 11.6 Å². The number of hydrogen-bond acceptors (Lipinski definition) is 3. The third-order valence-electron chi connectivity index (χ3n) is 1.78. The first-order valence-corrected chi connectivity index (χ1v) is 5.97. The second-order valence-electron chi connectivity index (χ2n) is 3.93. The van der Waals surface area contributed by atoms with Crippen molar-refractivity contribution in [3.8, 4) is 0 Å². The zero-order valence-corrected chi connectivity index (χ0v) is 9.85. The van der Waals surface area contributed by atoms with E-state index in [1.54, 1.807) is 20.8 Å². The summed E-state index contributed by atoms with van der Waals surface area (Å²) >= 11 is 5.62. The quantitative estimate of drug-likeness (QED) is 0.748. The molecule has 0 atom stereocenters. The number of aromatic nitrogens is 1. The van der Waals surface area contributed by atoms with Crippen molar-refractivity contribution in [3.63, 3.8) is 0 Å². The molecular formula is C9H12ClNO2S. The first kappa shape index (κ1) is 11.5. The number of sulfone groups is 1. The molecule has 0 bridgehead atoms. The maximum absolute atomic E-state index is 11.9. The van der Waals surface area contributed by atoms with Crippen LogP contribution in [-0.4, -0.2) is 18.1 Å². The summed E-state index contributed by atoms with van der Waals surface area (Å²) in [7, 11) is -3.36. The van der Waals surface area contributed by atoms with Crippen LogP contribution < -0.4 is 0 Å². The van der Waals surface area contributed by atoms with Gasteiger partial charge in [0.2, 0.25) is 0 Å². The monoisotopic (exact) mass is 233 g/mol. The Morgan fingerprint density at radius 2 is 1.86 bits per heavy atom. The van der Waals surface area contributed by atoms with Crippen LogP contribution in [0.4, 0.5) is 0 Å². The standard InChI is InChI=1S/C9H12ClNO2S/c1-9(2,3)14(12,13)8-5-4-7(10)6-11-8/h4-6H,1-3H3. The first-order valence-electron chi connectivity index (χ1n) is 4.11. The normalized spacial score (nSPS) is 12.9. The minimum absolute atomic E-state index is 0.0643. The Labute approximate surface area is 89.0 Å². The molecule has 0 spiro atoms. The summed E-state index contributed by atoms with van der Waals surface area (Å²) in [6.45, 7) is 4.91. The van der Waals surface area contributed by atoms with Crippen LogP contribution in [-0.2, 0) is 9.84 Å². The van der Waals surface area contributed by atoms with Crippen molar-refractivity contribution >= 4 is 21.4 Å². The number of pyridine rings is 1. The van der Waals surface area contributed by atoms with E-state index in [9.17, 15) is 8.42 Å². The summed E-state index contributed by atoms with van der Waals surface area (Å²) < 4.78 is 22.9. The van der Waals surface area contributed by atoms with Gasteiger partial charge in [0.1, 0.15) is 0 Å². The predicted molar refractivity (Wildman–Crippen MR) is 56.2 cm³/mol. The lowest BCUT2D eigenvalue weighted by molar-refractivity contribution is 0.556. The fourth-order valence-electron chi connectivity index (χ4n) is 0.835. The first-order chi connectivity index (χ1) is 6.25. The molecule has 78 valence electrons. The highest BCUT2D eigenvalue weighted by atomic mass is 35.5. The van der Waals surface area contributed by atoms with Gasteiger partial charge in [0.25, 0.3) is 0 Å². The highest BCUT2D eigenvalue weighted by Crippen LogP contribution is 2.23. The lowest BCUT2D eigenvalue weighted by atomic mass is 10.3. The van der Waals surface area contributed by atoms with E-state index in [4.69, 9.17) is 11.6 Å². The maximum atomic E-state index is 11.9. The molecule has 1 rings (SSSR count). The molecule has 1 heterocycles. The average Bonchev–Trinajstić information content (AvgIpc) is 2.03. The van der Waals surface area contributed by atoms with Crippen molar-refractivity contribution in [1.82, 2.24) is 4.98 Å². The lowest BCUT2D eigenvalue weighted by Crippen LogP contribution is -2.28. The minimum atomic E-state index is -3.36. The van der Waals surface area contributed by atoms with E-state index in [1.807, 2.05) is 0 Å². The van der Waals surface area contributed by atoms with Crippen LogP contribution in [0.5, 0.6) is 0 Å². The van der Waals surface area contributed by atoms with Gasteiger partial charge in [-0.15, -0.1) is 0 Å². The molecule has 0 unspecified atom stereocenters. The number of rotatable bonds is 1. The zero-order chi connectivity index (χ0) is 11.0. The fourth-order valence-corrected chi connectivity index (χ4v) is 2.01. The van der Waals surface area contributed by atoms with Crippen molar-refractivity contribution in [1.29, 1.82) is 0 Å². The summed E-state index contributed by atoms with van der Waals surface area (Å²) in [5, 5.41) is 0.493. The largest absolute Gasteiger partial charge is 0.243 e. The Kier molecular flexibility index (Phi) is 2.88. The Balaban J connectivity index is 3.25. The van der Waals surface area contributed by atoms with E-state index in [0.29, 0.717) is 5.02 Å². The topological polar surface area (TPSA) is 47.0 Å². The smallest absolute Gasteiger partial charge is 0.200 e. The van der Waals surface area contributed by atoms with Gasteiger partial charge in [-0.05, 0) is 32.9 Å². The Morgan fingerprint density at radius 3 is 2.21 bits per heavy atom. The second-order valence-corrected chi connectivity index (χ2v) is 7.02. The summed E-state index contributed by atoms with van der Waals surface area (Å²) in [5.41, 5.74) is 0. The molecule has 0 amide bonds.